The summed E-state index contributed by atoms with van der Waals surface area (Å²) < 4.78 is 0.896. The fourth-order valence-electron chi connectivity index (χ4n) is 1.22. The van der Waals surface area contributed by atoms with Gasteiger partial charge in [-0.2, -0.15) is 10.4 Å². The van der Waals surface area contributed by atoms with E-state index in [1.165, 1.54) is 0 Å². The molecular weight excluding hydrogens is 242 g/mol. The number of nitrogens with one attached hydrogen (secondary N) is 1. The molecule has 4 heteroatoms. The fourth-order valence-corrected chi connectivity index (χ4v) is 1.64. The van der Waals surface area contributed by atoms with Crippen LogP contribution in [0, 0.1) is 11.3 Å². The summed E-state index contributed by atoms with van der Waals surface area (Å²) in [6.07, 6.45) is 1.69. The highest BCUT2D eigenvalue weighted by molar-refractivity contribution is 9.10. The number of hydrogen-bond acceptors (Lipinski definition) is 2. The van der Waals surface area contributed by atoms with E-state index >= 15 is 0 Å². The largest absolute Gasteiger partial charge is 0.277 e. The number of aromatic nitrogens is 2. The first kappa shape index (κ1) is 8.97. The van der Waals surface area contributed by atoms with Gasteiger partial charge in [-0.05, 0) is 28.1 Å². The van der Waals surface area contributed by atoms with E-state index < -0.39 is 0 Å². The third-order valence-electron chi connectivity index (χ3n) is 1.87. The smallest absolute Gasteiger partial charge is 0.0991 e. The Labute approximate surface area is 89.5 Å². The van der Waals surface area contributed by atoms with Crippen molar-refractivity contribution < 1.29 is 0 Å². The Morgan fingerprint density at radius 3 is 2.93 bits per heavy atom. The van der Waals surface area contributed by atoms with Gasteiger partial charge in [0.2, 0.25) is 0 Å². The van der Waals surface area contributed by atoms with Crippen molar-refractivity contribution in [1.82, 2.24) is 10.2 Å². The summed E-state index contributed by atoms with van der Waals surface area (Å²) in [6, 6.07) is 9.47. The second-order valence-corrected chi connectivity index (χ2v) is 3.64. The van der Waals surface area contributed by atoms with Gasteiger partial charge < -0.3 is 0 Å². The number of nitrogens with zero attached hydrogens (tertiary/aromatic N) is 2. The van der Waals surface area contributed by atoms with E-state index in [9.17, 15) is 0 Å². The van der Waals surface area contributed by atoms with Crippen LogP contribution in [0.5, 0.6) is 0 Å². The highest BCUT2D eigenvalue weighted by Crippen LogP contribution is 2.25. The van der Waals surface area contributed by atoms with Gasteiger partial charge in [-0.25, -0.2) is 0 Å². The average Bonchev–Trinajstić information content (AvgIpc) is 2.65. The highest BCUT2D eigenvalue weighted by atomic mass is 79.9. The maximum absolute atomic E-state index is 8.74. The molecule has 0 bridgehead atoms. The van der Waals surface area contributed by atoms with Crippen molar-refractivity contribution in [3.8, 4) is 17.3 Å². The van der Waals surface area contributed by atoms with Crippen molar-refractivity contribution >= 4 is 15.9 Å². The van der Waals surface area contributed by atoms with Crippen LogP contribution in [0.3, 0.4) is 0 Å². The molecule has 0 fully saturated rings. The van der Waals surface area contributed by atoms with E-state index in [0.717, 1.165) is 15.7 Å². The normalized spacial score (nSPS) is 9.71. The summed E-state index contributed by atoms with van der Waals surface area (Å²) in [6.45, 7) is 0. The molecule has 0 aliphatic heterocycles. The number of hydrogen-bond donors (Lipinski definition) is 1. The predicted molar refractivity (Wildman–Crippen MR) is 56.4 cm³/mol. The zero-order valence-electron chi connectivity index (χ0n) is 7.16. The Bertz CT molecular complexity index is 496. The molecule has 0 spiro atoms. The topological polar surface area (TPSA) is 52.5 Å². The minimum absolute atomic E-state index is 0.643. The molecule has 2 aromatic rings. The molecule has 1 heterocycles. The summed E-state index contributed by atoms with van der Waals surface area (Å²) in [4.78, 5) is 0. The van der Waals surface area contributed by atoms with Crippen LogP contribution >= 0.6 is 15.9 Å². The van der Waals surface area contributed by atoms with Gasteiger partial charge in [0.25, 0.3) is 0 Å². The third kappa shape index (κ3) is 1.54. The molecule has 68 valence electrons. The quantitative estimate of drug-likeness (QED) is 0.843. The minimum atomic E-state index is 0.643. The zero-order valence-corrected chi connectivity index (χ0v) is 8.75. The number of benzene rings is 1. The monoisotopic (exact) mass is 247 g/mol. The lowest BCUT2D eigenvalue weighted by atomic mass is 10.1. The SMILES string of the molecule is N#Cc1cccc(-c2[nH]ncc2Br)c1. The van der Waals surface area contributed by atoms with Gasteiger partial charge in [-0.15, -0.1) is 0 Å². The van der Waals surface area contributed by atoms with Gasteiger partial charge in [0.15, 0.2) is 0 Å². The molecule has 0 atom stereocenters. The number of aromatic amines is 1. The minimum Gasteiger partial charge on any atom is -0.277 e. The molecule has 0 radical (unpaired) electrons. The second-order valence-electron chi connectivity index (χ2n) is 2.79. The Morgan fingerprint density at radius 1 is 1.43 bits per heavy atom. The Kier molecular flexibility index (Phi) is 2.33. The number of nitriles is 1. The van der Waals surface area contributed by atoms with Crippen LogP contribution in [0.15, 0.2) is 34.9 Å². The van der Waals surface area contributed by atoms with Gasteiger partial charge in [-0.3, -0.25) is 5.10 Å². The van der Waals surface area contributed by atoms with Crippen LogP contribution in [0.4, 0.5) is 0 Å². The first-order chi connectivity index (χ1) is 6.81. The summed E-state index contributed by atoms with van der Waals surface area (Å²) in [5.74, 6) is 0. The van der Waals surface area contributed by atoms with Crippen molar-refractivity contribution in [3.63, 3.8) is 0 Å². The van der Waals surface area contributed by atoms with Crippen molar-refractivity contribution in [2.45, 2.75) is 0 Å². The van der Waals surface area contributed by atoms with Crippen molar-refractivity contribution in [1.29, 1.82) is 5.26 Å². The van der Waals surface area contributed by atoms with E-state index in [-0.39, 0.29) is 0 Å². The molecule has 3 nitrogen and oxygen atoms in total. The van der Waals surface area contributed by atoms with Crippen LogP contribution in [0.2, 0.25) is 0 Å². The molecule has 0 saturated heterocycles. The molecule has 14 heavy (non-hydrogen) atoms. The Balaban J connectivity index is 2.53. The van der Waals surface area contributed by atoms with Crippen LogP contribution in [-0.4, -0.2) is 10.2 Å². The molecule has 0 amide bonds. The van der Waals surface area contributed by atoms with Crippen LogP contribution in [0.25, 0.3) is 11.3 Å². The maximum Gasteiger partial charge on any atom is 0.0991 e. The van der Waals surface area contributed by atoms with Crippen molar-refractivity contribution in [2.75, 3.05) is 0 Å². The summed E-state index contributed by atoms with van der Waals surface area (Å²) in [5, 5.41) is 15.5. The van der Waals surface area contributed by atoms with Crippen LogP contribution in [0.1, 0.15) is 5.56 Å². The van der Waals surface area contributed by atoms with Crippen LogP contribution in [-0.2, 0) is 0 Å². The molecule has 1 aromatic carbocycles. The summed E-state index contributed by atoms with van der Waals surface area (Å²) in [5.41, 5.74) is 2.49. The standard InChI is InChI=1S/C10H6BrN3/c11-9-6-13-14-10(9)8-3-1-2-7(4-8)5-12/h1-4,6H,(H,13,14). The molecule has 0 saturated carbocycles. The van der Waals surface area contributed by atoms with Crippen molar-refractivity contribution in [2.24, 2.45) is 0 Å². The molecule has 2 rings (SSSR count). The first-order valence-corrected chi connectivity index (χ1v) is 4.80. The van der Waals surface area contributed by atoms with Gasteiger partial charge >= 0.3 is 0 Å². The lowest BCUT2D eigenvalue weighted by Crippen LogP contribution is -1.81. The molecule has 1 aromatic heterocycles. The number of rotatable bonds is 1. The van der Waals surface area contributed by atoms with E-state index in [1.54, 1.807) is 12.3 Å². The maximum atomic E-state index is 8.74. The third-order valence-corrected chi connectivity index (χ3v) is 2.47. The summed E-state index contributed by atoms with van der Waals surface area (Å²) in [7, 11) is 0. The van der Waals surface area contributed by atoms with Gasteiger partial charge in [0, 0.05) is 5.56 Å². The van der Waals surface area contributed by atoms with E-state index in [4.69, 9.17) is 5.26 Å². The molecule has 0 aliphatic rings. The average molecular weight is 248 g/mol. The zero-order chi connectivity index (χ0) is 9.97. The Morgan fingerprint density at radius 2 is 2.29 bits per heavy atom. The summed E-state index contributed by atoms with van der Waals surface area (Å²) >= 11 is 3.37. The molecule has 1 N–H and O–H groups in total. The molecule has 0 unspecified atom stereocenters. The van der Waals surface area contributed by atoms with Gasteiger partial charge in [0.1, 0.15) is 0 Å². The van der Waals surface area contributed by atoms with E-state index in [2.05, 4.69) is 32.2 Å². The first-order valence-electron chi connectivity index (χ1n) is 4.00. The van der Waals surface area contributed by atoms with Crippen LogP contribution < -0.4 is 0 Å². The number of halogens is 1. The highest BCUT2D eigenvalue weighted by Gasteiger charge is 2.04. The Hall–Kier alpha value is -1.60. The molecular formula is C10H6BrN3. The molecule has 0 aliphatic carbocycles. The predicted octanol–water partition coefficient (Wildman–Crippen LogP) is 2.71. The number of H-pyrrole nitrogens is 1. The fraction of sp³-hybridized carbons (Fsp3) is 0. The lowest BCUT2D eigenvalue weighted by Gasteiger charge is -1.98. The van der Waals surface area contributed by atoms with E-state index in [0.29, 0.717) is 5.56 Å². The van der Waals surface area contributed by atoms with E-state index in [1.807, 2.05) is 18.2 Å². The second kappa shape index (κ2) is 3.64. The lowest BCUT2D eigenvalue weighted by molar-refractivity contribution is 1.10. The van der Waals surface area contributed by atoms with Gasteiger partial charge in [0.05, 0.1) is 28.0 Å². The van der Waals surface area contributed by atoms with Crippen molar-refractivity contribution in [3.05, 3.63) is 40.5 Å². The van der Waals surface area contributed by atoms with Gasteiger partial charge in [-0.1, -0.05) is 12.1 Å².